The first-order valence-electron chi connectivity index (χ1n) is 10.9. The number of phenolic OH excluding ortho intramolecular Hbond substituents is 1. The van der Waals surface area contributed by atoms with Crippen LogP contribution in [0.2, 0.25) is 0 Å². The third-order valence-corrected chi connectivity index (χ3v) is 7.14. The third-order valence-electron chi connectivity index (χ3n) is 7.14. The zero-order valence-electron chi connectivity index (χ0n) is 18.3. The predicted octanol–water partition coefficient (Wildman–Crippen LogP) is 2.66. The summed E-state index contributed by atoms with van der Waals surface area (Å²) in [6.07, 6.45) is 7.71. The van der Waals surface area contributed by atoms with E-state index in [4.69, 9.17) is 4.74 Å². The van der Waals surface area contributed by atoms with E-state index in [1.165, 1.54) is 19.3 Å². The molecule has 0 spiro atoms. The molecule has 4 unspecified atom stereocenters. The highest BCUT2D eigenvalue weighted by molar-refractivity contribution is 6.23. The van der Waals surface area contributed by atoms with Gasteiger partial charge < -0.3 is 9.84 Å². The van der Waals surface area contributed by atoms with Crippen LogP contribution in [0.5, 0.6) is 11.5 Å². The summed E-state index contributed by atoms with van der Waals surface area (Å²) in [6.45, 7) is 1.62. The number of benzene rings is 1. The fraction of sp³-hybridized carbons (Fsp3) is 0.308. The van der Waals surface area contributed by atoms with Crippen molar-refractivity contribution in [3.63, 3.8) is 0 Å². The van der Waals surface area contributed by atoms with Crippen molar-refractivity contribution in [2.45, 2.75) is 19.8 Å². The Bertz CT molecular complexity index is 1250. The second-order valence-electron chi connectivity index (χ2n) is 8.92. The Hall–Kier alpha value is -3.74. The number of amides is 2. The maximum Gasteiger partial charge on any atom is 0.231 e. The Morgan fingerprint density at radius 2 is 1.91 bits per heavy atom. The molecule has 33 heavy (non-hydrogen) atoms. The molecule has 7 nitrogen and oxygen atoms in total. The second kappa shape index (κ2) is 7.69. The summed E-state index contributed by atoms with van der Waals surface area (Å²) in [5.74, 6) is -2.40. The molecule has 168 valence electrons. The van der Waals surface area contributed by atoms with Crippen molar-refractivity contribution in [3.05, 3.63) is 64.3 Å². The number of ether oxygens (including phenoxy) is 1. The van der Waals surface area contributed by atoms with E-state index in [1.54, 1.807) is 19.1 Å². The summed E-state index contributed by atoms with van der Waals surface area (Å²) < 4.78 is 5.17. The number of phenols is 1. The van der Waals surface area contributed by atoms with Gasteiger partial charge in [-0.2, -0.15) is 0 Å². The highest BCUT2D eigenvalue weighted by atomic mass is 16.5. The minimum atomic E-state index is -0.537. The summed E-state index contributed by atoms with van der Waals surface area (Å²) in [4.78, 5) is 51.0. The smallest absolute Gasteiger partial charge is 0.231 e. The van der Waals surface area contributed by atoms with Gasteiger partial charge in [0.15, 0.2) is 23.1 Å². The molecule has 1 saturated heterocycles. The zero-order chi connectivity index (χ0) is 23.4. The number of methoxy groups -OCH3 is 1. The summed E-state index contributed by atoms with van der Waals surface area (Å²) in [6, 6.07) is 4.91. The van der Waals surface area contributed by atoms with Crippen LogP contribution in [-0.2, 0) is 19.2 Å². The molecule has 1 aliphatic heterocycles. The number of fused-ring (bicyclic) bond motifs is 3. The van der Waals surface area contributed by atoms with Gasteiger partial charge >= 0.3 is 0 Å². The number of carbonyl (C=O) groups is 4. The lowest BCUT2D eigenvalue weighted by molar-refractivity contribution is -0.126. The van der Waals surface area contributed by atoms with Gasteiger partial charge in [0.25, 0.3) is 0 Å². The van der Waals surface area contributed by atoms with E-state index in [0.29, 0.717) is 28.9 Å². The van der Waals surface area contributed by atoms with Crippen LogP contribution in [0.15, 0.2) is 58.7 Å². The minimum Gasteiger partial charge on any atom is -0.504 e. The normalized spacial score (nSPS) is 28.8. The molecule has 3 aliphatic carbocycles. The number of hydrogen-bond acceptors (Lipinski definition) is 6. The summed E-state index contributed by atoms with van der Waals surface area (Å²) in [5.41, 5.74) is 2.91. The van der Waals surface area contributed by atoms with E-state index >= 15 is 0 Å². The molecule has 0 aromatic heterocycles. The van der Waals surface area contributed by atoms with Crippen molar-refractivity contribution >= 4 is 29.5 Å². The van der Waals surface area contributed by atoms with Crippen molar-refractivity contribution in [1.29, 1.82) is 0 Å². The quantitative estimate of drug-likeness (QED) is 0.421. The van der Waals surface area contributed by atoms with Crippen LogP contribution in [0.25, 0.3) is 6.08 Å². The SMILES string of the molecule is COc1cc(C=CC2C3=CCC4C(=O)NC(=O)C4C3CC3=C2C(=O)C=C(C)C3=O)ccc1O. The zero-order valence-corrected chi connectivity index (χ0v) is 18.3. The molecule has 1 heterocycles. The van der Waals surface area contributed by atoms with Gasteiger partial charge in [0, 0.05) is 22.6 Å². The number of rotatable bonds is 3. The van der Waals surface area contributed by atoms with Gasteiger partial charge in [-0.25, -0.2) is 0 Å². The molecule has 4 aliphatic rings. The molecule has 2 amide bonds. The van der Waals surface area contributed by atoms with Crippen LogP contribution in [0, 0.1) is 23.7 Å². The van der Waals surface area contributed by atoms with Crippen molar-refractivity contribution in [2.75, 3.05) is 7.11 Å². The summed E-state index contributed by atoms with van der Waals surface area (Å²) in [5, 5.41) is 12.3. The summed E-state index contributed by atoms with van der Waals surface area (Å²) in [7, 11) is 1.46. The van der Waals surface area contributed by atoms with Gasteiger partial charge in [-0.15, -0.1) is 0 Å². The van der Waals surface area contributed by atoms with Gasteiger partial charge in [-0.05, 0) is 49.5 Å². The Kier molecular flexibility index (Phi) is 4.92. The van der Waals surface area contributed by atoms with Crippen LogP contribution in [0.4, 0.5) is 0 Å². The lowest BCUT2D eigenvalue weighted by atomic mass is 9.60. The number of allylic oxidation sites excluding steroid dienone is 7. The fourth-order valence-electron chi connectivity index (χ4n) is 5.58. The fourth-order valence-corrected chi connectivity index (χ4v) is 5.58. The number of nitrogens with one attached hydrogen (secondary N) is 1. The van der Waals surface area contributed by atoms with E-state index in [9.17, 15) is 24.3 Å². The third kappa shape index (κ3) is 3.26. The molecule has 4 atom stereocenters. The topological polar surface area (TPSA) is 110 Å². The predicted molar refractivity (Wildman–Crippen MR) is 119 cm³/mol. The van der Waals surface area contributed by atoms with Gasteiger partial charge in [0.05, 0.1) is 18.9 Å². The Balaban J connectivity index is 1.61. The molecule has 1 fully saturated rings. The molecule has 1 aromatic rings. The highest BCUT2D eigenvalue weighted by Crippen LogP contribution is 2.51. The lowest BCUT2D eigenvalue weighted by Gasteiger charge is -2.41. The molecule has 7 heteroatoms. The number of aromatic hydroxyl groups is 1. The van der Waals surface area contributed by atoms with E-state index in [2.05, 4.69) is 5.32 Å². The molecule has 0 radical (unpaired) electrons. The van der Waals surface area contributed by atoms with Crippen LogP contribution >= 0.6 is 0 Å². The molecule has 2 N–H and O–H groups in total. The van der Waals surface area contributed by atoms with E-state index in [1.807, 2.05) is 18.2 Å². The van der Waals surface area contributed by atoms with Crippen LogP contribution in [0.1, 0.15) is 25.3 Å². The molecular weight excluding hydrogens is 422 g/mol. The molecule has 0 saturated carbocycles. The van der Waals surface area contributed by atoms with Crippen molar-refractivity contribution in [1.82, 2.24) is 5.32 Å². The number of hydrogen-bond donors (Lipinski definition) is 2. The minimum absolute atomic E-state index is 0.0176. The Labute approximate surface area is 190 Å². The largest absolute Gasteiger partial charge is 0.504 e. The highest BCUT2D eigenvalue weighted by Gasteiger charge is 2.52. The number of ketones is 2. The van der Waals surface area contributed by atoms with Crippen LogP contribution in [-0.4, -0.2) is 35.6 Å². The Morgan fingerprint density at radius 1 is 1.12 bits per heavy atom. The molecular formula is C26H23NO6. The molecule has 1 aromatic carbocycles. The van der Waals surface area contributed by atoms with Crippen molar-refractivity contribution in [2.24, 2.45) is 23.7 Å². The van der Waals surface area contributed by atoms with Crippen molar-refractivity contribution in [3.8, 4) is 11.5 Å². The first-order valence-corrected chi connectivity index (χ1v) is 10.9. The van der Waals surface area contributed by atoms with Crippen LogP contribution < -0.4 is 10.1 Å². The number of imide groups is 1. The van der Waals surface area contributed by atoms with E-state index in [0.717, 1.165) is 11.1 Å². The van der Waals surface area contributed by atoms with Crippen molar-refractivity contribution < 1.29 is 29.0 Å². The molecule has 0 bridgehead atoms. The van der Waals surface area contributed by atoms with Gasteiger partial charge in [-0.3, -0.25) is 24.5 Å². The molecule has 5 rings (SSSR count). The van der Waals surface area contributed by atoms with Gasteiger partial charge in [-0.1, -0.05) is 29.9 Å². The maximum absolute atomic E-state index is 13.0. The van der Waals surface area contributed by atoms with Gasteiger partial charge in [0.1, 0.15) is 0 Å². The lowest BCUT2D eigenvalue weighted by Crippen LogP contribution is -2.39. The second-order valence-corrected chi connectivity index (χ2v) is 8.92. The average Bonchev–Trinajstić information content (AvgIpc) is 3.09. The van der Waals surface area contributed by atoms with Crippen LogP contribution in [0.3, 0.4) is 0 Å². The van der Waals surface area contributed by atoms with E-state index in [-0.39, 0.29) is 41.5 Å². The van der Waals surface area contributed by atoms with Gasteiger partial charge in [0.2, 0.25) is 11.8 Å². The standard InChI is InChI=1S/C26H23NO6/c1-12-9-20(29)22-15(5-3-13-4-8-19(28)21(10-13)33-2)14-6-7-16-23(26(32)27-25(16)31)17(14)11-18(22)24(12)30/h3-6,8-10,15-17,23,28H,7,11H2,1-2H3,(H,27,31,32). The number of carbonyl (C=O) groups excluding carboxylic acids is 4. The average molecular weight is 445 g/mol. The maximum atomic E-state index is 13.0. The Morgan fingerprint density at radius 3 is 2.67 bits per heavy atom. The first kappa shape index (κ1) is 21.1. The summed E-state index contributed by atoms with van der Waals surface area (Å²) >= 11 is 0. The first-order chi connectivity index (χ1) is 15.8. The monoisotopic (exact) mass is 445 g/mol. The van der Waals surface area contributed by atoms with E-state index < -0.39 is 17.8 Å². The number of Topliss-reactive ketones (excluding diaryl/α,β-unsaturated/α-hetero) is 1.